The molecular weight excluding hydrogens is 332 g/mol. The van der Waals surface area contributed by atoms with Crippen molar-refractivity contribution in [3.63, 3.8) is 0 Å². The number of hydrogen-bond acceptors (Lipinski definition) is 4. The average Bonchev–Trinajstić information content (AvgIpc) is 3.46. The molecule has 1 saturated carbocycles. The fraction of sp³-hybridized carbons (Fsp3) is 0.300. The molecule has 0 aliphatic heterocycles. The van der Waals surface area contributed by atoms with Gasteiger partial charge in [0.15, 0.2) is 0 Å². The van der Waals surface area contributed by atoms with E-state index in [2.05, 4.69) is 10.6 Å². The summed E-state index contributed by atoms with van der Waals surface area (Å²) in [5.41, 5.74) is 2.81. The van der Waals surface area contributed by atoms with Crippen LogP contribution in [0.5, 0.6) is 5.75 Å². The van der Waals surface area contributed by atoms with Crippen LogP contribution in [0.4, 0.5) is 5.69 Å². The van der Waals surface area contributed by atoms with Crippen molar-refractivity contribution in [3.8, 4) is 5.75 Å². The van der Waals surface area contributed by atoms with Crippen molar-refractivity contribution in [2.75, 3.05) is 12.4 Å². The van der Waals surface area contributed by atoms with Crippen LogP contribution in [0.3, 0.4) is 0 Å². The molecule has 2 aromatic carbocycles. The summed E-state index contributed by atoms with van der Waals surface area (Å²) in [4.78, 5) is 25.1. The highest BCUT2D eigenvalue weighted by Crippen LogP contribution is 2.25. The third-order valence-corrected chi connectivity index (χ3v) is 4.41. The Kier molecular flexibility index (Phi) is 5.23. The summed E-state index contributed by atoms with van der Waals surface area (Å²) in [6, 6.07) is 10.3. The summed E-state index contributed by atoms with van der Waals surface area (Å²) in [5.74, 6) is -0.0335. The first-order chi connectivity index (χ1) is 12.5. The van der Waals surface area contributed by atoms with Gasteiger partial charge < -0.3 is 20.5 Å². The number of aryl methyl sites for hydroxylation is 1. The molecule has 0 saturated heterocycles. The van der Waals surface area contributed by atoms with E-state index in [1.807, 2.05) is 6.92 Å². The molecule has 26 heavy (non-hydrogen) atoms. The molecule has 0 aromatic heterocycles. The molecular formula is C20H22N2O4. The van der Waals surface area contributed by atoms with Gasteiger partial charge in [0.2, 0.25) is 0 Å². The van der Waals surface area contributed by atoms with Crippen molar-refractivity contribution >= 4 is 17.5 Å². The van der Waals surface area contributed by atoms with E-state index >= 15 is 0 Å². The number of aliphatic hydroxyl groups is 1. The van der Waals surface area contributed by atoms with Crippen molar-refractivity contribution in [2.45, 2.75) is 32.4 Å². The largest absolute Gasteiger partial charge is 0.497 e. The van der Waals surface area contributed by atoms with E-state index in [9.17, 15) is 14.7 Å². The Hall–Kier alpha value is -2.86. The summed E-state index contributed by atoms with van der Waals surface area (Å²) in [6.45, 7) is 1.74. The van der Waals surface area contributed by atoms with Crippen molar-refractivity contribution in [3.05, 3.63) is 58.7 Å². The minimum Gasteiger partial charge on any atom is -0.497 e. The Balaban J connectivity index is 1.86. The van der Waals surface area contributed by atoms with Crippen LogP contribution in [0.25, 0.3) is 0 Å². The van der Waals surface area contributed by atoms with E-state index in [-0.39, 0.29) is 24.5 Å². The Morgan fingerprint density at radius 1 is 1.15 bits per heavy atom. The number of benzene rings is 2. The quantitative estimate of drug-likeness (QED) is 0.744. The van der Waals surface area contributed by atoms with E-state index in [0.29, 0.717) is 28.1 Å². The van der Waals surface area contributed by atoms with Crippen LogP contribution in [-0.4, -0.2) is 30.1 Å². The maximum Gasteiger partial charge on any atom is 0.255 e. The Morgan fingerprint density at radius 3 is 2.58 bits per heavy atom. The van der Waals surface area contributed by atoms with Crippen LogP contribution < -0.4 is 15.4 Å². The molecule has 0 atom stereocenters. The topological polar surface area (TPSA) is 87.7 Å². The van der Waals surface area contributed by atoms with E-state index in [4.69, 9.17) is 4.74 Å². The second-order valence-corrected chi connectivity index (χ2v) is 6.41. The Labute approximate surface area is 152 Å². The summed E-state index contributed by atoms with van der Waals surface area (Å²) < 4.78 is 5.19. The maximum absolute atomic E-state index is 12.6. The first-order valence-corrected chi connectivity index (χ1v) is 8.52. The van der Waals surface area contributed by atoms with Crippen LogP contribution >= 0.6 is 0 Å². The van der Waals surface area contributed by atoms with Gasteiger partial charge in [0.05, 0.1) is 25.0 Å². The number of anilines is 1. The van der Waals surface area contributed by atoms with Gasteiger partial charge in [0, 0.05) is 11.6 Å². The smallest absolute Gasteiger partial charge is 0.255 e. The highest BCUT2D eigenvalue weighted by atomic mass is 16.5. The van der Waals surface area contributed by atoms with Gasteiger partial charge in [-0.25, -0.2) is 0 Å². The lowest BCUT2D eigenvalue weighted by Gasteiger charge is -2.13. The number of carbonyl (C=O) groups is 2. The molecule has 0 radical (unpaired) electrons. The van der Waals surface area contributed by atoms with E-state index in [0.717, 1.165) is 18.4 Å². The Bertz CT molecular complexity index is 844. The third kappa shape index (κ3) is 4.03. The fourth-order valence-electron chi connectivity index (χ4n) is 2.62. The van der Waals surface area contributed by atoms with Crippen molar-refractivity contribution in [1.29, 1.82) is 0 Å². The zero-order chi connectivity index (χ0) is 18.7. The summed E-state index contributed by atoms with van der Waals surface area (Å²) in [7, 11) is 1.53. The van der Waals surface area contributed by atoms with Crippen molar-refractivity contribution < 1.29 is 19.4 Å². The van der Waals surface area contributed by atoms with Gasteiger partial charge in [-0.05, 0) is 61.2 Å². The van der Waals surface area contributed by atoms with Gasteiger partial charge in [-0.3, -0.25) is 9.59 Å². The van der Waals surface area contributed by atoms with Crippen LogP contribution in [0, 0.1) is 6.92 Å². The molecule has 3 rings (SSSR count). The average molecular weight is 354 g/mol. The molecule has 0 heterocycles. The van der Waals surface area contributed by atoms with Crippen LogP contribution in [0.1, 0.15) is 44.7 Å². The number of amides is 2. The third-order valence-electron chi connectivity index (χ3n) is 4.41. The van der Waals surface area contributed by atoms with Crippen LogP contribution in [0.2, 0.25) is 0 Å². The zero-order valence-corrected chi connectivity index (χ0v) is 14.8. The molecule has 136 valence electrons. The lowest BCUT2D eigenvalue weighted by Crippen LogP contribution is -2.27. The second-order valence-electron chi connectivity index (χ2n) is 6.41. The molecule has 6 nitrogen and oxygen atoms in total. The molecule has 1 aliphatic carbocycles. The van der Waals surface area contributed by atoms with Crippen molar-refractivity contribution in [1.82, 2.24) is 5.32 Å². The van der Waals surface area contributed by atoms with E-state index in [1.165, 1.54) is 7.11 Å². The van der Waals surface area contributed by atoms with Gasteiger partial charge in [0.25, 0.3) is 11.8 Å². The number of hydrogen-bond donors (Lipinski definition) is 3. The number of rotatable bonds is 6. The number of ether oxygens (including phenoxy) is 1. The van der Waals surface area contributed by atoms with E-state index in [1.54, 1.807) is 36.4 Å². The molecule has 1 aliphatic rings. The summed E-state index contributed by atoms with van der Waals surface area (Å²) in [5, 5.41) is 15.1. The number of nitrogens with one attached hydrogen (secondary N) is 2. The number of carbonyl (C=O) groups excluding carboxylic acids is 2. The first-order valence-electron chi connectivity index (χ1n) is 8.52. The highest BCUT2D eigenvalue weighted by Gasteiger charge is 2.25. The molecule has 2 aromatic rings. The maximum atomic E-state index is 12.6. The summed E-state index contributed by atoms with van der Waals surface area (Å²) >= 11 is 0. The number of aliphatic hydroxyl groups excluding tert-OH is 1. The van der Waals surface area contributed by atoms with Gasteiger partial charge in [-0.15, -0.1) is 0 Å². The molecule has 1 fully saturated rings. The SMILES string of the molecule is COc1ccc(NC(=O)c2ccc(C)c(CO)c2)c(C(=O)NC2CC2)c1. The zero-order valence-electron chi connectivity index (χ0n) is 14.8. The molecule has 0 unspecified atom stereocenters. The van der Waals surface area contributed by atoms with Crippen molar-refractivity contribution in [2.24, 2.45) is 0 Å². The minimum atomic E-state index is -0.342. The second kappa shape index (κ2) is 7.58. The van der Waals surface area contributed by atoms with Gasteiger partial charge >= 0.3 is 0 Å². The standard InChI is InChI=1S/C20H22N2O4/c1-12-3-4-13(9-14(12)11-23)19(24)22-18-8-7-16(26-2)10-17(18)20(25)21-15-5-6-15/h3-4,7-10,15,23H,5-6,11H2,1-2H3,(H,21,25)(H,22,24). The molecule has 3 N–H and O–H groups in total. The van der Waals surface area contributed by atoms with Gasteiger partial charge in [-0.1, -0.05) is 6.07 Å². The summed E-state index contributed by atoms with van der Waals surface area (Å²) in [6.07, 6.45) is 1.95. The minimum absolute atomic E-state index is 0.134. The molecule has 0 spiro atoms. The van der Waals surface area contributed by atoms with Crippen LogP contribution in [-0.2, 0) is 6.61 Å². The van der Waals surface area contributed by atoms with Gasteiger partial charge in [-0.2, -0.15) is 0 Å². The molecule has 0 bridgehead atoms. The normalized spacial score (nSPS) is 13.2. The molecule has 2 amide bonds. The number of methoxy groups -OCH3 is 1. The predicted molar refractivity (Wildman–Crippen MR) is 98.5 cm³/mol. The monoisotopic (exact) mass is 354 g/mol. The lowest BCUT2D eigenvalue weighted by atomic mass is 10.0. The van der Waals surface area contributed by atoms with Gasteiger partial charge in [0.1, 0.15) is 5.75 Å². The molecule has 6 heteroatoms. The highest BCUT2D eigenvalue weighted by molar-refractivity contribution is 6.09. The van der Waals surface area contributed by atoms with E-state index < -0.39 is 0 Å². The lowest BCUT2D eigenvalue weighted by molar-refractivity contribution is 0.0951. The van der Waals surface area contributed by atoms with Crippen LogP contribution in [0.15, 0.2) is 36.4 Å². The first kappa shape index (κ1) is 17.9. The fourth-order valence-corrected chi connectivity index (χ4v) is 2.62. The predicted octanol–water partition coefficient (Wildman–Crippen LogP) is 2.64. The Morgan fingerprint density at radius 2 is 1.92 bits per heavy atom.